The molecule has 0 spiro atoms. The zero-order chi connectivity index (χ0) is 18.0. The molecule has 2 aromatic heterocycles. The van der Waals surface area contributed by atoms with Gasteiger partial charge in [-0.05, 0) is 37.1 Å². The molecule has 3 nitrogen and oxygen atoms in total. The van der Waals surface area contributed by atoms with Crippen LogP contribution in [0, 0.1) is 19.7 Å². The second-order valence-corrected chi connectivity index (χ2v) is 7.99. The van der Waals surface area contributed by atoms with Crippen molar-refractivity contribution in [3.05, 3.63) is 63.1 Å². The molecular weight excluding hydrogens is 377 g/mol. The number of hydrogen-bond acceptors (Lipinski definition) is 4. The lowest BCUT2D eigenvalue weighted by Gasteiger charge is -2.08. The van der Waals surface area contributed by atoms with E-state index < -0.39 is 0 Å². The molecule has 0 amide bonds. The van der Waals surface area contributed by atoms with Crippen LogP contribution in [-0.2, 0) is 12.3 Å². The van der Waals surface area contributed by atoms with Gasteiger partial charge in [0.05, 0.1) is 0 Å². The highest BCUT2D eigenvalue weighted by atomic mass is 35.5. The lowest BCUT2D eigenvalue weighted by atomic mass is 10.1. The summed E-state index contributed by atoms with van der Waals surface area (Å²) in [5.41, 5.74) is 3.19. The third kappa shape index (κ3) is 3.81. The van der Waals surface area contributed by atoms with Crippen LogP contribution in [0.25, 0.3) is 11.4 Å². The Balaban J connectivity index is 1.89. The van der Waals surface area contributed by atoms with E-state index in [9.17, 15) is 4.39 Å². The van der Waals surface area contributed by atoms with Gasteiger partial charge in [-0.1, -0.05) is 35.5 Å². The largest absolute Gasteiger partial charge is 0.298 e. The lowest BCUT2D eigenvalue weighted by molar-refractivity contribution is 0.627. The standard InChI is InChI=1S/C18H17ClFN3S2/c1-4-7-23-17(15-10-24-12(3)11(15)2)21-22-18(23)25-9-13-5-6-14(20)8-16(13)19/h4-6,8,10H,1,7,9H2,2-3H3. The molecule has 1 aromatic carbocycles. The van der Waals surface area contributed by atoms with E-state index >= 15 is 0 Å². The number of hydrogen-bond donors (Lipinski definition) is 0. The summed E-state index contributed by atoms with van der Waals surface area (Å²) in [4.78, 5) is 1.27. The van der Waals surface area contributed by atoms with E-state index in [-0.39, 0.29) is 5.82 Å². The van der Waals surface area contributed by atoms with Crippen molar-refractivity contribution in [1.29, 1.82) is 0 Å². The van der Waals surface area contributed by atoms with Crippen LogP contribution in [0.1, 0.15) is 16.0 Å². The number of rotatable bonds is 6. The van der Waals surface area contributed by atoms with Gasteiger partial charge in [-0.3, -0.25) is 4.57 Å². The summed E-state index contributed by atoms with van der Waals surface area (Å²) in [6.45, 7) is 8.65. The van der Waals surface area contributed by atoms with Gasteiger partial charge in [0.2, 0.25) is 0 Å². The predicted octanol–water partition coefficient (Wildman–Crippen LogP) is 5.89. The smallest absolute Gasteiger partial charge is 0.192 e. The molecule has 0 aliphatic rings. The Bertz CT molecular complexity index is 917. The summed E-state index contributed by atoms with van der Waals surface area (Å²) < 4.78 is 15.2. The lowest BCUT2D eigenvalue weighted by Crippen LogP contribution is -2.01. The fraction of sp³-hybridized carbons (Fsp3) is 0.222. The number of halogens is 2. The van der Waals surface area contributed by atoms with Crippen LogP contribution in [0.5, 0.6) is 0 Å². The van der Waals surface area contributed by atoms with E-state index in [4.69, 9.17) is 11.6 Å². The summed E-state index contributed by atoms with van der Waals surface area (Å²) in [5, 5.41) is 12.0. The van der Waals surface area contributed by atoms with Gasteiger partial charge in [-0.2, -0.15) is 0 Å². The zero-order valence-corrected chi connectivity index (χ0v) is 16.3. The monoisotopic (exact) mass is 393 g/mol. The van der Waals surface area contributed by atoms with Crippen LogP contribution in [-0.4, -0.2) is 14.8 Å². The minimum Gasteiger partial charge on any atom is -0.298 e. The first-order valence-electron chi connectivity index (χ1n) is 7.67. The molecule has 0 unspecified atom stereocenters. The van der Waals surface area contributed by atoms with Gasteiger partial charge in [0.1, 0.15) is 5.82 Å². The normalized spacial score (nSPS) is 11.0. The van der Waals surface area contributed by atoms with E-state index in [1.54, 1.807) is 17.4 Å². The summed E-state index contributed by atoms with van der Waals surface area (Å²) in [7, 11) is 0. The van der Waals surface area contributed by atoms with Crippen molar-refractivity contribution in [2.24, 2.45) is 0 Å². The van der Waals surface area contributed by atoms with Crippen molar-refractivity contribution in [3.8, 4) is 11.4 Å². The van der Waals surface area contributed by atoms with Gasteiger partial charge < -0.3 is 0 Å². The van der Waals surface area contributed by atoms with Crippen LogP contribution in [0.4, 0.5) is 4.39 Å². The van der Waals surface area contributed by atoms with Crippen molar-refractivity contribution in [2.45, 2.75) is 31.3 Å². The molecule has 7 heteroatoms. The average molecular weight is 394 g/mol. The number of aromatic nitrogens is 3. The molecule has 130 valence electrons. The second kappa shape index (κ2) is 7.72. The molecule has 0 aliphatic heterocycles. The van der Waals surface area contributed by atoms with Crippen molar-refractivity contribution >= 4 is 34.7 Å². The van der Waals surface area contributed by atoms with Crippen LogP contribution in [0.2, 0.25) is 5.02 Å². The van der Waals surface area contributed by atoms with Gasteiger partial charge in [0.25, 0.3) is 0 Å². The Kier molecular flexibility index (Phi) is 5.61. The van der Waals surface area contributed by atoms with Crippen LogP contribution in [0.15, 0.2) is 41.4 Å². The minimum atomic E-state index is -0.334. The third-order valence-corrected chi connectivity index (χ3v) is 6.31. The molecule has 25 heavy (non-hydrogen) atoms. The SMILES string of the molecule is C=CCn1c(SCc2ccc(F)cc2Cl)nnc1-c1csc(C)c1C. The summed E-state index contributed by atoms with van der Waals surface area (Å²) >= 11 is 9.35. The van der Waals surface area contributed by atoms with Crippen molar-refractivity contribution in [1.82, 2.24) is 14.8 Å². The molecule has 3 aromatic rings. The number of benzene rings is 1. The summed E-state index contributed by atoms with van der Waals surface area (Å²) in [6.07, 6.45) is 1.83. The van der Waals surface area contributed by atoms with E-state index in [2.05, 4.69) is 36.0 Å². The molecule has 3 rings (SSSR count). The first kappa shape index (κ1) is 18.2. The number of thiophene rings is 1. The minimum absolute atomic E-state index is 0.334. The highest BCUT2D eigenvalue weighted by molar-refractivity contribution is 7.98. The predicted molar refractivity (Wildman–Crippen MR) is 104 cm³/mol. The van der Waals surface area contributed by atoms with Gasteiger partial charge in [0, 0.05) is 33.1 Å². The second-order valence-electron chi connectivity index (χ2n) is 5.56. The van der Waals surface area contributed by atoms with Gasteiger partial charge in [-0.15, -0.1) is 28.1 Å². The highest BCUT2D eigenvalue weighted by Gasteiger charge is 2.17. The third-order valence-electron chi connectivity index (χ3n) is 3.93. The Labute approximate surface area is 159 Å². The van der Waals surface area contributed by atoms with Crippen molar-refractivity contribution in [3.63, 3.8) is 0 Å². The van der Waals surface area contributed by atoms with Crippen LogP contribution < -0.4 is 0 Å². The molecule has 2 heterocycles. The molecule has 0 saturated heterocycles. The molecule has 0 radical (unpaired) electrons. The maximum Gasteiger partial charge on any atom is 0.192 e. The van der Waals surface area contributed by atoms with Crippen molar-refractivity contribution < 1.29 is 4.39 Å². The molecule has 0 N–H and O–H groups in total. The topological polar surface area (TPSA) is 30.7 Å². The number of allylic oxidation sites excluding steroid dienone is 1. The molecular formula is C18H17ClFN3S2. The van der Waals surface area contributed by atoms with Crippen LogP contribution in [0.3, 0.4) is 0 Å². The summed E-state index contributed by atoms with van der Waals surface area (Å²) in [6, 6.07) is 4.44. The maximum atomic E-state index is 13.2. The van der Waals surface area contributed by atoms with Gasteiger partial charge >= 0.3 is 0 Å². The Morgan fingerprint density at radius 2 is 2.16 bits per heavy atom. The maximum absolute atomic E-state index is 13.2. The van der Waals surface area contributed by atoms with E-state index in [1.807, 2.05) is 10.6 Å². The fourth-order valence-electron chi connectivity index (χ4n) is 2.40. The molecule has 0 fully saturated rings. The average Bonchev–Trinajstić information content (AvgIpc) is 3.11. The quantitative estimate of drug-likeness (QED) is 0.386. The summed E-state index contributed by atoms with van der Waals surface area (Å²) in [5.74, 6) is 1.10. The van der Waals surface area contributed by atoms with E-state index in [0.29, 0.717) is 17.3 Å². The molecule has 0 aliphatic carbocycles. The number of thioether (sulfide) groups is 1. The first-order valence-corrected chi connectivity index (χ1v) is 9.91. The molecule has 0 saturated carbocycles. The number of nitrogens with zero attached hydrogens (tertiary/aromatic N) is 3. The molecule has 0 atom stereocenters. The van der Waals surface area contributed by atoms with Gasteiger partial charge in [0.15, 0.2) is 11.0 Å². The van der Waals surface area contributed by atoms with Crippen LogP contribution >= 0.6 is 34.7 Å². The number of aryl methyl sites for hydroxylation is 1. The zero-order valence-electron chi connectivity index (χ0n) is 13.9. The van der Waals surface area contributed by atoms with Gasteiger partial charge in [-0.25, -0.2) is 4.39 Å². The van der Waals surface area contributed by atoms with Crippen molar-refractivity contribution in [2.75, 3.05) is 0 Å². The Morgan fingerprint density at radius 3 is 2.80 bits per heavy atom. The van der Waals surface area contributed by atoms with E-state index in [1.165, 1.54) is 34.3 Å². The van der Waals surface area contributed by atoms with E-state index in [0.717, 1.165) is 22.1 Å². The Hall–Kier alpha value is -1.63. The highest BCUT2D eigenvalue weighted by Crippen LogP contribution is 2.33. The fourth-order valence-corrected chi connectivity index (χ4v) is 4.53. The Morgan fingerprint density at radius 1 is 1.36 bits per heavy atom. The first-order chi connectivity index (χ1) is 12.0. The molecule has 0 bridgehead atoms.